The number of halogens is 1. The topological polar surface area (TPSA) is 85.3 Å². The van der Waals surface area contributed by atoms with Gasteiger partial charge in [0.2, 0.25) is 0 Å². The minimum absolute atomic E-state index is 0.0217. The Morgan fingerprint density at radius 3 is 2.34 bits per heavy atom. The summed E-state index contributed by atoms with van der Waals surface area (Å²) in [6, 6.07) is 23.1. The molecule has 0 radical (unpaired) electrons. The lowest BCUT2D eigenvalue weighted by atomic mass is 9.95. The zero-order valence-corrected chi connectivity index (χ0v) is 24.6. The molecule has 1 aliphatic rings. The fourth-order valence-corrected chi connectivity index (χ4v) is 5.58. The highest BCUT2D eigenvalue weighted by molar-refractivity contribution is 6.30. The summed E-state index contributed by atoms with van der Waals surface area (Å²) in [6.07, 6.45) is 1.79. The Morgan fingerprint density at radius 2 is 1.68 bits per heavy atom. The monoisotopic (exact) mass is 579 g/mol. The number of rotatable bonds is 11. The van der Waals surface area contributed by atoms with Gasteiger partial charge >= 0.3 is 11.9 Å². The van der Waals surface area contributed by atoms with Gasteiger partial charge in [-0.1, -0.05) is 60.1 Å². The SMILES string of the molecule is CCOC(=O)C(Oc1ccc2c(c1)C[C@@H](N(Cc1ccccc1)[C@](C)(O)c1cccc(Cl)c1)CCC2)C(=O)OCC. The van der Waals surface area contributed by atoms with E-state index in [0.717, 1.165) is 30.4 Å². The van der Waals surface area contributed by atoms with E-state index in [1.807, 2.05) is 49.4 Å². The third-order valence-corrected chi connectivity index (χ3v) is 7.67. The van der Waals surface area contributed by atoms with Gasteiger partial charge < -0.3 is 19.3 Å². The molecule has 0 unspecified atom stereocenters. The minimum atomic E-state index is -1.51. The zero-order chi connectivity index (χ0) is 29.4. The van der Waals surface area contributed by atoms with Crippen LogP contribution in [-0.2, 0) is 44.2 Å². The maximum atomic E-state index is 12.5. The number of nitrogens with zero attached hydrogens (tertiary/aromatic N) is 1. The normalized spacial score (nSPS) is 16.4. The third-order valence-electron chi connectivity index (χ3n) is 7.44. The smallest absolute Gasteiger partial charge is 0.359 e. The maximum Gasteiger partial charge on any atom is 0.359 e. The van der Waals surface area contributed by atoms with Crippen molar-refractivity contribution in [1.82, 2.24) is 4.90 Å². The number of aliphatic hydroxyl groups is 1. The fourth-order valence-electron chi connectivity index (χ4n) is 5.39. The van der Waals surface area contributed by atoms with E-state index in [1.54, 1.807) is 32.0 Å². The molecule has 3 aromatic rings. The molecule has 2 atom stereocenters. The number of fused-ring (bicyclic) bond motifs is 1. The van der Waals surface area contributed by atoms with Crippen molar-refractivity contribution in [2.24, 2.45) is 0 Å². The summed E-state index contributed by atoms with van der Waals surface area (Å²) in [5.41, 5.74) is 2.71. The van der Waals surface area contributed by atoms with E-state index in [2.05, 4.69) is 17.0 Å². The second-order valence-electron chi connectivity index (χ2n) is 10.3. The van der Waals surface area contributed by atoms with Crippen LogP contribution in [0.15, 0.2) is 72.8 Å². The highest BCUT2D eigenvalue weighted by Crippen LogP contribution is 2.36. The number of benzene rings is 3. The van der Waals surface area contributed by atoms with E-state index in [4.69, 9.17) is 25.8 Å². The molecule has 218 valence electrons. The Balaban J connectivity index is 1.66. The number of carbonyl (C=O) groups is 2. The number of hydrogen-bond acceptors (Lipinski definition) is 7. The molecule has 0 heterocycles. The Kier molecular flexibility index (Phi) is 10.4. The van der Waals surface area contributed by atoms with E-state index in [9.17, 15) is 14.7 Å². The molecule has 0 aliphatic heterocycles. The van der Waals surface area contributed by atoms with Crippen LogP contribution in [0.4, 0.5) is 0 Å². The van der Waals surface area contributed by atoms with Crippen molar-refractivity contribution in [2.45, 2.75) is 70.9 Å². The molecular weight excluding hydrogens is 542 g/mol. The summed E-state index contributed by atoms with van der Waals surface area (Å²) >= 11 is 6.33. The van der Waals surface area contributed by atoms with E-state index in [-0.39, 0.29) is 19.3 Å². The maximum absolute atomic E-state index is 12.5. The van der Waals surface area contributed by atoms with Gasteiger partial charge in [-0.15, -0.1) is 0 Å². The molecule has 8 heteroatoms. The van der Waals surface area contributed by atoms with Gasteiger partial charge in [0, 0.05) is 17.6 Å². The first kappa shape index (κ1) is 30.6. The second-order valence-corrected chi connectivity index (χ2v) is 10.8. The highest BCUT2D eigenvalue weighted by atomic mass is 35.5. The van der Waals surface area contributed by atoms with Crippen molar-refractivity contribution in [2.75, 3.05) is 13.2 Å². The minimum Gasteiger partial charge on any atom is -0.467 e. The van der Waals surface area contributed by atoms with E-state index >= 15 is 0 Å². The van der Waals surface area contributed by atoms with Crippen molar-refractivity contribution in [3.63, 3.8) is 0 Å². The predicted molar refractivity (Wildman–Crippen MR) is 158 cm³/mol. The number of esters is 2. The molecule has 0 amide bonds. The molecule has 0 fully saturated rings. The summed E-state index contributed by atoms with van der Waals surface area (Å²) in [5.74, 6) is -1.19. The number of carbonyl (C=O) groups excluding carboxylic acids is 2. The van der Waals surface area contributed by atoms with Crippen LogP contribution in [0.1, 0.15) is 55.9 Å². The van der Waals surface area contributed by atoms with Gasteiger partial charge in [0.15, 0.2) is 0 Å². The summed E-state index contributed by atoms with van der Waals surface area (Å²) in [5, 5.41) is 12.6. The summed E-state index contributed by atoms with van der Waals surface area (Å²) in [6.45, 7) is 5.92. The molecule has 0 aromatic heterocycles. The van der Waals surface area contributed by atoms with Crippen LogP contribution in [0, 0.1) is 0 Å². The third kappa shape index (κ3) is 7.67. The second kappa shape index (κ2) is 14.0. The molecule has 7 nitrogen and oxygen atoms in total. The van der Waals surface area contributed by atoms with Gasteiger partial charge in [0.1, 0.15) is 11.5 Å². The lowest BCUT2D eigenvalue weighted by Gasteiger charge is -2.43. The Bertz CT molecular complexity index is 1310. The Labute approximate surface area is 247 Å². The van der Waals surface area contributed by atoms with Crippen molar-refractivity contribution < 1.29 is 28.9 Å². The van der Waals surface area contributed by atoms with Crippen LogP contribution >= 0.6 is 11.6 Å². The predicted octanol–water partition coefficient (Wildman–Crippen LogP) is 5.83. The molecule has 1 N–H and O–H groups in total. The van der Waals surface area contributed by atoms with Gasteiger partial charge in [-0.2, -0.15) is 0 Å². The van der Waals surface area contributed by atoms with Crippen molar-refractivity contribution in [3.8, 4) is 5.75 Å². The summed E-state index contributed by atoms with van der Waals surface area (Å²) in [7, 11) is 0. The zero-order valence-electron chi connectivity index (χ0n) is 23.8. The standard InChI is InChI=1S/C33H38ClNO6/c1-4-39-31(36)30(32(37)40-5-2)41-29-18-17-24-13-9-16-28(19-25(24)20-29)35(22-23-11-7-6-8-12-23)33(3,38)26-14-10-15-27(34)21-26/h6-8,10-12,14-15,17-18,20-21,28,30,38H,4-5,9,13,16,19,22H2,1-3H3/t28-,33+/m0/s1. The van der Waals surface area contributed by atoms with Crippen molar-refractivity contribution in [1.29, 1.82) is 0 Å². The largest absolute Gasteiger partial charge is 0.467 e. The van der Waals surface area contributed by atoms with E-state index < -0.39 is 23.8 Å². The fraction of sp³-hybridized carbons (Fsp3) is 0.394. The summed E-state index contributed by atoms with van der Waals surface area (Å²) < 4.78 is 16.0. The average Bonchev–Trinajstić information content (AvgIpc) is 3.17. The van der Waals surface area contributed by atoms with Gasteiger partial charge in [-0.3, -0.25) is 4.90 Å². The van der Waals surface area contributed by atoms with E-state index in [1.165, 1.54) is 5.56 Å². The van der Waals surface area contributed by atoms with Gasteiger partial charge in [0.25, 0.3) is 6.10 Å². The lowest BCUT2D eigenvalue weighted by Crippen LogP contribution is -2.50. The first-order chi connectivity index (χ1) is 19.7. The van der Waals surface area contributed by atoms with Crippen LogP contribution in [0.5, 0.6) is 5.75 Å². The molecule has 0 saturated carbocycles. The molecule has 1 aliphatic carbocycles. The van der Waals surface area contributed by atoms with Gasteiger partial charge in [0.05, 0.1) is 13.2 Å². The van der Waals surface area contributed by atoms with Crippen molar-refractivity contribution in [3.05, 3.63) is 100 Å². The lowest BCUT2D eigenvalue weighted by molar-refractivity contribution is -0.166. The molecule has 0 spiro atoms. The Hall–Kier alpha value is -3.39. The Morgan fingerprint density at radius 1 is 0.976 bits per heavy atom. The molecule has 4 rings (SSSR count). The van der Waals surface area contributed by atoms with Crippen LogP contribution in [-0.4, -0.2) is 47.3 Å². The highest BCUT2D eigenvalue weighted by Gasteiger charge is 2.38. The average molecular weight is 580 g/mol. The molecule has 0 saturated heterocycles. The summed E-state index contributed by atoms with van der Waals surface area (Å²) in [4.78, 5) is 27.1. The molecule has 0 bridgehead atoms. The van der Waals surface area contributed by atoms with Crippen molar-refractivity contribution >= 4 is 23.5 Å². The number of ether oxygens (including phenoxy) is 3. The number of aryl methyl sites for hydroxylation is 1. The van der Waals surface area contributed by atoms with Crippen LogP contribution < -0.4 is 4.74 Å². The molecule has 3 aromatic carbocycles. The first-order valence-corrected chi connectivity index (χ1v) is 14.5. The van der Waals surface area contributed by atoms with Crippen LogP contribution in [0.25, 0.3) is 0 Å². The van der Waals surface area contributed by atoms with Gasteiger partial charge in [-0.05, 0) is 93.0 Å². The molecular formula is C33H38ClNO6. The number of hydrogen-bond donors (Lipinski definition) is 1. The first-order valence-electron chi connectivity index (χ1n) is 14.1. The molecule has 41 heavy (non-hydrogen) atoms. The van der Waals surface area contributed by atoms with Gasteiger partial charge in [-0.25, -0.2) is 9.59 Å². The van der Waals surface area contributed by atoms with Crippen LogP contribution in [0.3, 0.4) is 0 Å². The van der Waals surface area contributed by atoms with E-state index in [0.29, 0.717) is 29.3 Å². The van der Waals surface area contributed by atoms with Crippen LogP contribution in [0.2, 0.25) is 5.02 Å². The quantitative estimate of drug-likeness (QED) is 0.132.